The fourth-order valence-corrected chi connectivity index (χ4v) is 1.93. The van der Waals surface area contributed by atoms with Crippen molar-refractivity contribution in [1.29, 1.82) is 0 Å². The van der Waals surface area contributed by atoms with Gasteiger partial charge in [-0.15, -0.1) is 0 Å². The molecule has 0 radical (unpaired) electrons. The Morgan fingerprint density at radius 2 is 2.17 bits per heavy atom. The highest BCUT2D eigenvalue weighted by molar-refractivity contribution is 8.14. The molecule has 0 spiro atoms. The van der Waals surface area contributed by atoms with Gasteiger partial charge in [-0.3, -0.25) is 9.79 Å². The van der Waals surface area contributed by atoms with E-state index in [1.807, 2.05) is 0 Å². The molecule has 1 aliphatic rings. The van der Waals surface area contributed by atoms with Crippen LogP contribution in [0.5, 0.6) is 0 Å². The van der Waals surface area contributed by atoms with Crippen LogP contribution in [0.1, 0.15) is 27.2 Å². The van der Waals surface area contributed by atoms with Crippen molar-refractivity contribution in [2.45, 2.75) is 32.8 Å². The summed E-state index contributed by atoms with van der Waals surface area (Å²) >= 11 is 1.52. The van der Waals surface area contributed by atoms with E-state index in [9.17, 15) is 9.59 Å². The van der Waals surface area contributed by atoms with E-state index in [2.05, 4.69) is 15.6 Å². The molecule has 0 unspecified atom stereocenters. The van der Waals surface area contributed by atoms with Crippen LogP contribution in [0.2, 0.25) is 0 Å². The zero-order valence-electron chi connectivity index (χ0n) is 10.9. The third kappa shape index (κ3) is 6.48. The summed E-state index contributed by atoms with van der Waals surface area (Å²) in [5.41, 5.74) is -0.526. The first-order valence-electron chi connectivity index (χ1n) is 5.81. The molecule has 0 saturated heterocycles. The number of amides is 2. The number of nitrogens with one attached hydrogen (secondary N) is 2. The molecule has 2 N–H and O–H groups in total. The highest BCUT2D eigenvalue weighted by atomic mass is 32.2. The molecule has 0 aromatic heterocycles. The number of alkyl carbamates (subject to hydrolysis) is 1. The van der Waals surface area contributed by atoms with Crippen molar-refractivity contribution in [2.24, 2.45) is 4.99 Å². The van der Waals surface area contributed by atoms with Gasteiger partial charge in [0.1, 0.15) is 5.60 Å². The zero-order valence-corrected chi connectivity index (χ0v) is 11.7. The fourth-order valence-electron chi connectivity index (χ4n) is 1.18. The molecule has 6 nitrogen and oxygen atoms in total. The molecule has 1 aliphatic heterocycles. The Labute approximate surface area is 111 Å². The monoisotopic (exact) mass is 273 g/mol. The first kappa shape index (κ1) is 14.8. The molecule has 0 aromatic carbocycles. The van der Waals surface area contributed by atoms with Crippen molar-refractivity contribution in [3.8, 4) is 0 Å². The minimum absolute atomic E-state index is 0.154. The van der Waals surface area contributed by atoms with Crippen LogP contribution in [-0.2, 0) is 9.53 Å². The Hall–Kier alpha value is -1.24. The second kappa shape index (κ2) is 6.63. The van der Waals surface area contributed by atoms with Crippen LogP contribution in [0.3, 0.4) is 0 Å². The van der Waals surface area contributed by atoms with Gasteiger partial charge in [0.15, 0.2) is 5.17 Å². The van der Waals surface area contributed by atoms with Gasteiger partial charge < -0.3 is 15.4 Å². The number of aliphatic imine (C=N–C) groups is 1. The van der Waals surface area contributed by atoms with E-state index in [0.717, 1.165) is 12.3 Å². The van der Waals surface area contributed by atoms with E-state index in [0.29, 0.717) is 5.17 Å². The second-order valence-electron chi connectivity index (χ2n) is 4.76. The lowest BCUT2D eigenvalue weighted by Gasteiger charge is -2.19. The van der Waals surface area contributed by atoms with Crippen LogP contribution in [0, 0.1) is 0 Å². The summed E-state index contributed by atoms with van der Waals surface area (Å²) in [7, 11) is 0. The van der Waals surface area contributed by atoms with Crippen molar-refractivity contribution in [2.75, 3.05) is 18.8 Å². The summed E-state index contributed by atoms with van der Waals surface area (Å²) in [4.78, 5) is 26.9. The van der Waals surface area contributed by atoms with Gasteiger partial charge in [-0.2, -0.15) is 0 Å². The lowest BCUT2D eigenvalue weighted by Crippen LogP contribution is -2.35. The Bertz CT molecular complexity index is 350. The van der Waals surface area contributed by atoms with E-state index >= 15 is 0 Å². The molecule has 0 bridgehead atoms. The third-order valence-electron chi connectivity index (χ3n) is 1.85. The maximum atomic E-state index is 11.5. The molecule has 2 amide bonds. The van der Waals surface area contributed by atoms with Gasteiger partial charge in [-0.1, -0.05) is 11.8 Å². The molecule has 7 heteroatoms. The maximum absolute atomic E-state index is 11.5. The zero-order chi connectivity index (χ0) is 13.6. The first-order chi connectivity index (χ1) is 8.37. The number of carbonyl (C=O) groups excluding carboxylic acids is 2. The molecule has 0 fully saturated rings. The van der Waals surface area contributed by atoms with Gasteiger partial charge in [0, 0.05) is 18.7 Å². The third-order valence-corrected chi connectivity index (χ3v) is 2.74. The van der Waals surface area contributed by atoms with Crippen molar-refractivity contribution in [3.05, 3.63) is 0 Å². The Kier molecular flexibility index (Phi) is 5.46. The molecule has 102 valence electrons. The summed E-state index contributed by atoms with van der Waals surface area (Å²) < 4.78 is 5.04. The largest absolute Gasteiger partial charge is 0.444 e. The highest BCUT2D eigenvalue weighted by Gasteiger charge is 2.16. The van der Waals surface area contributed by atoms with Crippen LogP contribution in [0.25, 0.3) is 0 Å². The number of hydrogen-bond donors (Lipinski definition) is 2. The maximum Gasteiger partial charge on any atom is 0.407 e. The Morgan fingerprint density at radius 1 is 1.44 bits per heavy atom. The van der Waals surface area contributed by atoms with Gasteiger partial charge in [-0.25, -0.2) is 4.79 Å². The first-order valence-corrected chi connectivity index (χ1v) is 6.79. The number of hydrogen-bond acceptors (Lipinski definition) is 5. The number of amidine groups is 1. The number of thioether (sulfide) groups is 1. The van der Waals surface area contributed by atoms with Crippen molar-refractivity contribution in [1.82, 2.24) is 10.6 Å². The average Bonchev–Trinajstić information content (AvgIpc) is 2.67. The van der Waals surface area contributed by atoms with E-state index in [-0.39, 0.29) is 18.9 Å². The fraction of sp³-hybridized carbons (Fsp3) is 0.727. The smallest absolute Gasteiger partial charge is 0.407 e. The molecule has 0 aliphatic carbocycles. The minimum atomic E-state index is -0.526. The molecule has 18 heavy (non-hydrogen) atoms. The molecule has 1 rings (SSSR count). The summed E-state index contributed by atoms with van der Waals surface area (Å²) in [6, 6.07) is 0. The van der Waals surface area contributed by atoms with Crippen LogP contribution in [0.15, 0.2) is 4.99 Å². The average molecular weight is 273 g/mol. The van der Waals surface area contributed by atoms with E-state index in [1.54, 1.807) is 20.8 Å². The molecule has 0 aromatic rings. The van der Waals surface area contributed by atoms with E-state index < -0.39 is 11.7 Å². The lowest BCUT2D eigenvalue weighted by molar-refractivity contribution is -0.119. The van der Waals surface area contributed by atoms with Crippen LogP contribution < -0.4 is 10.6 Å². The second-order valence-corrected chi connectivity index (χ2v) is 5.85. The lowest BCUT2D eigenvalue weighted by atomic mass is 10.2. The van der Waals surface area contributed by atoms with Gasteiger partial charge in [0.2, 0.25) is 5.91 Å². The number of rotatable bonds is 3. The topological polar surface area (TPSA) is 79.8 Å². The SMILES string of the molecule is CC(C)(C)OC(=O)NCCC(=O)NC1=NCCS1. The number of nitrogens with zero attached hydrogens (tertiary/aromatic N) is 1. The Morgan fingerprint density at radius 3 is 2.72 bits per heavy atom. The van der Waals surface area contributed by atoms with Crippen LogP contribution in [0.4, 0.5) is 4.79 Å². The van der Waals surface area contributed by atoms with Gasteiger partial charge in [0.05, 0.1) is 6.54 Å². The van der Waals surface area contributed by atoms with Gasteiger partial charge in [0.25, 0.3) is 0 Å². The van der Waals surface area contributed by atoms with Crippen molar-refractivity contribution < 1.29 is 14.3 Å². The standard InChI is InChI=1S/C11H19N3O3S/c1-11(2,3)17-10(16)13-5-4-8(15)14-9-12-6-7-18-9/h4-7H2,1-3H3,(H,13,16)(H,12,14,15). The highest BCUT2D eigenvalue weighted by Crippen LogP contribution is 2.09. The normalized spacial score (nSPS) is 14.9. The molecular formula is C11H19N3O3S. The summed E-state index contributed by atoms with van der Waals surface area (Å²) in [5, 5.41) is 5.87. The van der Waals surface area contributed by atoms with Crippen LogP contribution in [-0.4, -0.2) is 41.6 Å². The Balaban J connectivity index is 2.13. The minimum Gasteiger partial charge on any atom is -0.444 e. The van der Waals surface area contributed by atoms with E-state index in [1.165, 1.54) is 11.8 Å². The predicted molar refractivity (Wildman–Crippen MR) is 71.8 cm³/mol. The van der Waals surface area contributed by atoms with E-state index in [4.69, 9.17) is 4.74 Å². The molecule has 0 atom stereocenters. The van der Waals surface area contributed by atoms with Crippen molar-refractivity contribution in [3.63, 3.8) is 0 Å². The molecule has 0 saturated carbocycles. The van der Waals surface area contributed by atoms with Crippen molar-refractivity contribution >= 4 is 28.9 Å². The predicted octanol–water partition coefficient (Wildman–Crippen LogP) is 1.12. The molecule has 1 heterocycles. The van der Waals surface area contributed by atoms with Gasteiger partial charge >= 0.3 is 6.09 Å². The summed E-state index contributed by atoms with van der Waals surface area (Å²) in [5.74, 6) is 0.755. The number of carbonyl (C=O) groups is 2. The van der Waals surface area contributed by atoms with Crippen LogP contribution >= 0.6 is 11.8 Å². The quantitative estimate of drug-likeness (QED) is 0.807. The van der Waals surface area contributed by atoms with Gasteiger partial charge in [-0.05, 0) is 20.8 Å². The summed E-state index contributed by atoms with van der Waals surface area (Å²) in [6.45, 7) is 6.35. The number of ether oxygens (including phenoxy) is 1. The molecular weight excluding hydrogens is 254 g/mol. The summed E-state index contributed by atoms with van der Waals surface area (Å²) in [6.07, 6.45) is -0.304.